The summed E-state index contributed by atoms with van der Waals surface area (Å²) in [5, 5.41) is 6.27. The van der Waals surface area contributed by atoms with Crippen LogP contribution in [0.15, 0.2) is 35.5 Å². The minimum absolute atomic E-state index is 0.111. The normalized spacial score (nSPS) is 15.1. The zero-order valence-corrected chi connectivity index (χ0v) is 22.0. The van der Waals surface area contributed by atoms with E-state index in [0.29, 0.717) is 31.4 Å². The molecule has 1 amide bonds. The molecule has 2 heterocycles. The van der Waals surface area contributed by atoms with Crippen LogP contribution >= 0.6 is 0 Å². The molecule has 0 atom stereocenters. The largest absolute Gasteiger partial charge is 0.444 e. The summed E-state index contributed by atoms with van der Waals surface area (Å²) in [5.41, 5.74) is 0.341. The number of hydrogen-bond donors (Lipinski definition) is 3. The summed E-state index contributed by atoms with van der Waals surface area (Å²) in [6, 6.07) is 5.38. The van der Waals surface area contributed by atoms with Crippen LogP contribution in [0.4, 0.5) is 20.7 Å². The number of anilines is 2. The van der Waals surface area contributed by atoms with Crippen molar-refractivity contribution in [3.63, 3.8) is 0 Å². The van der Waals surface area contributed by atoms with Crippen LogP contribution in [0.5, 0.6) is 0 Å². The van der Waals surface area contributed by atoms with Crippen LogP contribution in [0.3, 0.4) is 0 Å². The van der Waals surface area contributed by atoms with E-state index in [2.05, 4.69) is 25.3 Å². The van der Waals surface area contributed by atoms with Crippen molar-refractivity contribution in [2.24, 2.45) is 5.92 Å². The molecule has 1 aliphatic heterocycles. The Bertz CT molecular complexity index is 1150. The molecule has 1 aromatic heterocycles. The second-order valence-electron chi connectivity index (χ2n) is 9.70. The number of aromatic nitrogens is 2. The lowest BCUT2D eigenvalue weighted by Gasteiger charge is -2.33. The van der Waals surface area contributed by atoms with Crippen molar-refractivity contribution >= 4 is 27.6 Å². The number of hydrogen-bond acceptors (Lipinski definition) is 8. The number of halogens is 1. The molecule has 198 valence electrons. The fraction of sp³-hybridized carbons (Fsp3) is 0.542. The summed E-state index contributed by atoms with van der Waals surface area (Å²) < 4.78 is 46.4. The van der Waals surface area contributed by atoms with Gasteiger partial charge in [0, 0.05) is 32.2 Å². The standard InChI is InChI=1S/C24H35FN6O4S/c1-5-29-36(33,34)19-6-7-21(20(25)13-19)30-22-12-18(27-16-28-22)15-26-14-17-8-10-31(11-9-17)23(32)35-24(2,3)4/h6-7,12-13,16-17,26,29H,5,8-11,14-15H2,1-4H3,(H,27,28,30). The minimum atomic E-state index is -3.74. The third-order valence-corrected chi connectivity index (χ3v) is 7.12. The maximum absolute atomic E-state index is 14.5. The SMILES string of the molecule is CCNS(=O)(=O)c1ccc(Nc2cc(CNCC3CCN(C(=O)OC(C)(C)C)CC3)ncn2)c(F)c1. The number of nitrogens with zero attached hydrogens (tertiary/aromatic N) is 3. The molecule has 1 saturated heterocycles. The predicted molar refractivity (Wildman–Crippen MR) is 135 cm³/mol. The summed E-state index contributed by atoms with van der Waals surface area (Å²) in [7, 11) is -3.74. The van der Waals surface area contributed by atoms with Crippen LogP contribution in [0.25, 0.3) is 0 Å². The second kappa shape index (κ2) is 11.9. The molecule has 0 spiro atoms. The summed E-state index contributed by atoms with van der Waals surface area (Å²) in [6.45, 7) is 10.1. The molecule has 10 nitrogen and oxygen atoms in total. The molecule has 36 heavy (non-hydrogen) atoms. The minimum Gasteiger partial charge on any atom is -0.444 e. The fourth-order valence-electron chi connectivity index (χ4n) is 3.79. The van der Waals surface area contributed by atoms with Crippen molar-refractivity contribution in [2.45, 2.75) is 57.6 Å². The van der Waals surface area contributed by atoms with E-state index < -0.39 is 21.4 Å². The van der Waals surface area contributed by atoms with Crippen LogP contribution in [0.2, 0.25) is 0 Å². The zero-order chi connectivity index (χ0) is 26.3. The van der Waals surface area contributed by atoms with E-state index in [-0.39, 0.29) is 23.2 Å². The molecular weight excluding hydrogens is 487 g/mol. The molecule has 3 N–H and O–H groups in total. The van der Waals surface area contributed by atoms with E-state index in [1.165, 1.54) is 18.5 Å². The van der Waals surface area contributed by atoms with Gasteiger partial charge in [-0.2, -0.15) is 0 Å². The quantitative estimate of drug-likeness (QED) is 0.458. The van der Waals surface area contributed by atoms with Gasteiger partial charge in [-0.1, -0.05) is 6.92 Å². The van der Waals surface area contributed by atoms with Gasteiger partial charge in [-0.3, -0.25) is 0 Å². The van der Waals surface area contributed by atoms with Crippen LogP contribution in [0, 0.1) is 11.7 Å². The molecule has 0 saturated carbocycles. The molecule has 0 unspecified atom stereocenters. The lowest BCUT2D eigenvalue weighted by molar-refractivity contribution is 0.0184. The summed E-state index contributed by atoms with van der Waals surface area (Å²) in [6.07, 6.45) is 2.91. The number of piperidine rings is 1. The van der Waals surface area contributed by atoms with Gasteiger partial charge < -0.3 is 20.3 Å². The highest BCUT2D eigenvalue weighted by Gasteiger charge is 2.26. The topological polar surface area (TPSA) is 126 Å². The Balaban J connectivity index is 1.49. The van der Waals surface area contributed by atoms with E-state index in [1.54, 1.807) is 17.9 Å². The van der Waals surface area contributed by atoms with Gasteiger partial charge in [0.05, 0.1) is 16.3 Å². The van der Waals surface area contributed by atoms with Gasteiger partial charge >= 0.3 is 6.09 Å². The van der Waals surface area contributed by atoms with Crippen molar-refractivity contribution in [3.05, 3.63) is 42.1 Å². The van der Waals surface area contributed by atoms with E-state index in [1.807, 2.05) is 20.8 Å². The second-order valence-corrected chi connectivity index (χ2v) is 11.5. The molecular formula is C24H35FN6O4S. The first-order valence-electron chi connectivity index (χ1n) is 12.0. The van der Waals surface area contributed by atoms with E-state index in [9.17, 15) is 17.6 Å². The number of carbonyl (C=O) groups excluding carboxylic acids is 1. The Morgan fingerprint density at radius 2 is 1.92 bits per heavy atom. The van der Waals surface area contributed by atoms with Crippen molar-refractivity contribution in [3.8, 4) is 0 Å². The van der Waals surface area contributed by atoms with Crippen molar-refractivity contribution in [1.82, 2.24) is 24.9 Å². The predicted octanol–water partition coefficient (Wildman–Crippen LogP) is 3.39. The highest BCUT2D eigenvalue weighted by atomic mass is 32.2. The Kier molecular flexibility index (Phi) is 9.20. The Morgan fingerprint density at radius 3 is 2.56 bits per heavy atom. The van der Waals surface area contributed by atoms with Gasteiger partial charge in [-0.25, -0.2) is 32.3 Å². The number of amides is 1. The van der Waals surface area contributed by atoms with Gasteiger partial charge in [0.25, 0.3) is 0 Å². The maximum Gasteiger partial charge on any atom is 0.410 e. The lowest BCUT2D eigenvalue weighted by Crippen LogP contribution is -2.43. The van der Waals surface area contributed by atoms with Crippen LogP contribution < -0.4 is 15.4 Å². The average Bonchev–Trinajstić information content (AvgIpc) is 2.80. The molecule has 0 radical (unpaired) electrons. The number of rotatable bonds is 9. The number of sulfonamides is 1. The van der Waals surface area contributed by atoms with E-state index >= 15 is 0 Å². The number of carbonyl (C=O) groups is 1. The van der Waals surface area contributed by atoms with Crippen LogP contribution in [-0.2, 0) is 21.3 Å². The first-order valence-corrected chi connectivity index (χ1v) is 13.5. The highest BCUT2D eigenvalue weighted by Crippen LogP contribution is 2.23. The van der Waals surface area contributed by atoms with Gasteiger partial charge in [-0.05, 0) is 64.3 Å². The van der Waals surface area contributed by atoms with Gasteiger partial charge in [-0.15, -0.1) is 0 Å². The Labute approximate surface area is 212 Å². The Morgan fingerprint density at radius 1 is 1.19 bits per heavy atom. The van der Waals surface area contributed by atoms with E-state index in [0.717, 1.165) is 31.1 Å². The first-order chi connectivity index (χ1) is 17.0. The first kappa shape index (κ1) is 27.8. The number of ether oxygens (including phenoxy) is 1. The van der Waals surface area contributed by atoms with Crippen LogP contribution in [-0.4, -0.2) is 61.2 Å². The molecule has 0 aliphatic carbocycles. The van der Waals surface area contributed by atoms with Crippen LogP contribution in [0.1, 0.15) is 46.2 Å². The fourth-order valence-corrected chi connectivity index (χ4v) is 4.84. The molecule has 2 aromatic rings. The molecule has 12 heteroatoms. The third kappa shape index (κ3) is 8.10. The van der Waals surface area contributed by atoms with Crippen molar-refractivity contribution < 1.29 is 22.3 Å². The number of likely N-dealkylation sites (tertiary alicyclic amines) is 1. The molecule has 1 aliphatic rings. The average molecular weight is 523 g/mol. The summed E-state index contributed by atoms with van der Waals surface area (Å²) >= 11 is 0. The van der Waals surface area contributed by atoms with Gasteiger partial charge in [0.15, 0.2) is 0 Å². The van der Waals surface area contributed by atoms with Crippen molar-refractivity contribution in [2.75, 3.05) is 31.5 Å². The Hall–Kier alpha value is -2.83. The molecule has 1 fully saturated rings. The van der Waals surface area contributed by atoms with Crippen molar-refractivity contribution in [1.29, 1.82) is 0 Å². The van der Waals surface area contributed by atoms with E-state index in [4.69, 9.17) is 4.74 Å². The van der Waals surface area contributed by atoms with Gasteiger partial charge in [0.1, 0.15) is 23.6 Å². The number of nitrogens with one attached hydrogen (secondary N) is 3. The maximum atomic E-state index is 14.5. The lowest BCUT2D eigenvalue weighted by atomic mass is 9.97. The molecule has 3 rings (SSSR count). The zero-order valence-electron chi connectivity index (χ0n) is 21.2. The molecule has 1 aromatic carbocycles. The third-order valence-electron chi connectivity index (χ3n) is 5.58. The highest BCUT2D eigenvalue weighted by molar-refractivity contribution is 7.89. The van der Waals surface area contributed by atoms with Gasteiger partial charge in [0.2, 0.25) is 10.0 Å². The summed E-state index contributed by atoms with van der Waals surface area (Å²) in [4.78, 5) is 22.2. The summed E-state index contributed by atoms with van der Waals surface area (Å²) in [5.74, 6) is 0.132. The molecule has 0 bridgehead atoms. The monoisotopic (exact) mass is 522 g/mol. The smallest absolute Gasteiger partial charge is 0.410 e. The number of benzene rings is 1.